The van der Waals surface area contributed by atoms with Crippen LogP contribution in [-0.2, 0) is 6.42 Å². The Kier molecular flexibility index (Phi) is 6.89. The lowest BCUT2D eigenvalue weighted by Crippen LogP contribution is -2.33. The highest BCUT2D eigenvalue weighted by molar-refractivity contribution is 5.96. The second-order valence-corrected chi connectivity index (χ2v) is 5.25. The van der Waals surface area contributed by atoms with Gasteiger partial charge >= 0.3 is 6.09 Å². The van der Waals surface area contributed by atoms with Gasteiger partial charge in [-0.1, -0.05) is 17.7 Å². The lowest BCUT2D eigenvalue weighted by Gasteiger charge is -2.22. The van der Waals surface area contributed by atoms with Crippen LogP contribution in [0.4, 0.5) is 4.79 Å². The third-order valence-corrected chi connectivity index (χ3v) is 3.85. The van der Waals surface area contributed by atoms with Gasteiger partial charge in [0.25, 0.3) is 5.91 Å². The first-order valence-corrected chi connectivity index (χ1v) is 7.81. The summed E-state index contributed by atoms with van der Waals surface area (Å²) in [6.07, 6.45) is -0.380. The van der Waals surface area contributed by atoms with Crippen LogP contribution in [0.2, 0.25) is 0 Å². The molecule has 22 heavy (non-hydrogen) atoms. The molecule has 1 aromatic rings. The van der Waals surface area contributed by atoms with Crippen molar-refractivity contribution in [3.8, 4) is 0 Å². The monoisotopic (exact) mass is 306 g/mol. The molecule has 0 aromatic heterocycles. The molecule has 2 amide bonds. The van der Waals surface area contributed by atoms with Crippen molar-refractivity contribution in [1.82, 2.24) is 9.80 Å². The van der Waals surface area contributed by atoms with E-state index in [-0.39, 0.29) is 5.91 Å². The minimum absolute atomic E-state index is 0.0158. The molecule has 0 heterocycles. The van der Waals surface area contributed by atoms with Crippen LogP contribution in [0.3, 0.4) is 0 Å². The number of carbonyl (C=O) groups is 2. The van der Waals surface area contributed by atoms with Crippen molar-refractivity contribution in [3.05, 3.63) is 34.9 Å². The van der Waals surface area contributed by atoms with Gasteiger partial charge in [-0.05, 0) is 45.7 Å². The number of aryl methyl sites for hydroxylation is 1. The van der Waals surface area contributed by atoms with E-state index in [0.717, 1.165) is 11.1 Å². The zero-order valence-electron chi connectivity index (χ0n) is 13.9. The number of carboxylic acid groups (broad SMARTS) is 1. The smallest absolute Gasteiger partial charge is 0.407 e. The molecule has 0 spiro atoms. The van der Waals surface area contributed by atoms with Crippen LogP contribution in [-0.4, -0.2) is 53.1 Å². The van der Waals surface area contributed by atoms with E-state index in [1.54, 1.807) is 4.90 Å². The van der Waals surface area contributed by atoms with Gasteiger partial charge in [-0.3, -0.25) is 4.79 Å². The summed E-state index contributed by atoms with van der Waals surface area (Å²) in [5.41, 5.74) is 2.62. The van der Waals surface area contributed by atoms with E-state index in [9.17, 15) is 9.59 Å². The minimum Gasteiger partial charge on any atom is -0.465 e. The van der Waals surface area contributed by atoms with Gasteiger partial charge in [-0.25, -0.2) is 4.79 Å². The molecule has 0 aliphatic rings. The SMILES string of the molecule is CCN(CCc1ccc(C)cc1C(=O)N(CC)CC)C(=O)O. The van der Waals surface area contributed by atoms with E-state index in [0.29, 0.717) is 38.2 Å². The van der Waals surface area contributed by atoms with Gasteiger partial charge in [0.2, 0.25) is 0 Å². The second kappa shape index (κ2) is 8.41. The third-order valence-electron chi connectivity index (χ3n) is 3.85. The molecule has 1 rings (SSSR count). The maximum atomic E-state index is 12.6. The lowest BCUT2D eigenvalue weighted by molar-refractivity contribution is 0.0771. The zero-order valence-corrected chi connectivity index (χ0v) is 13.9. The largest absolute Gasteiger partial charge is 0.465 e. The van der Waals surface area contributed by atoms with Gasteiger partial charge in [0.1, 0.15) is 0 Å². The number of likely N-dealkylation sites (N-methyl/N-ethyl adjacent to an activating group) is 1. The Morgan fingerprint density at radius 1 is 1.05 bits per heavy atom. The Hall–Kier alpha value is -2.04. The van der Waals surface area contributed by atoms with Crippen molar-refractivity contribution in [2.75, 3.05) is 26.2 Å². The quantitative estimate of drug-likeness (QED) is 0.842. The minimum atomic E-state index is -0.925. The van der Waals surface area contributed by atoms with E-state index in [1.165, 1.54) is 4.90 Å². The average molecular weight is 306 g/mol. The van der Waals surface area contributed by atoms with Crippen molar-refractivity contribution in [3.63, 3.8) is 0 Å². The van der Waals surface area contributed by atoms with Gasteiger partial charge in [-0.15, -0.1) is 0 Å². The van der Waals surface area contributed by atoms with E-state index in [2.05, 4.69) is 0 Å². The highest BCUT2D eigenvalue weighted by Crippen LogP contribution is 2.16. The van der Waals surface area contributed by atoms with Gasteiger partial charge in [0.15, 0.2) is 0 Å². The van der Waals surface area contributed by atoms with E-state index < -0.39 is 6.09 Å². The summed E-state index contributed by atoms with van der Waals surface area (Å²) in [5.74, 6) is 0.0158. The van der Waals surface area contributed by atoms with Gasteiger partial charge in [-0.2, -0.15) is 0 Å². The molecular weight excluding hydrogens is 280 g/mol. The van der Waals surface area contributed by atoms with Crippen LogP contribution < -0.4 is 0 Å². The summed E-state index contributed by atoms with van der Waals surface area (Å²) in [6.45, 7) is 9.86. The summed E-state index contributed by atoms with van der Waals surface area (Å²) in [6, 6.07) is 5.79. The Morgan fingerprint density at radius 2 is 1.64 bits per heavy atom. The molecule has 0 radical (unpaired) electrons. The maximum Gasteiger partial charge on any atom is 0.407 e. The molecular formula is C17H26N2O3. The Balaban J connectivity index is 3.00. The first kappa shape index (κ1) is 18.0. The summed E-state index contributed by atoms with van der Waals surface area (Å²) in [7, 11) is 0. The average Bonchev–Trinajstić information content (AvgIpc) is 2.49. The number of nitrogens with zero attached hydrogens (tertiary/aromatic N) is 2. The zero-order chi connectivity index (χ0) is 16.7. The molecule has 0 aliphatic carbocycles. The van der Waals surface area contributed by atoms with Crippen molar-refractivity contribution in [2.45, 2.75) is 34.1 Å². The van der Waals surface area contributed by atoms with E-state index in [1.807, 2.05) is 45.9 Å². The topological polar surface area (TPSA) is 60.9 Å². The number of benzene rings is 1. The fourth-order valence-corrected chi connectivity index (χ4v) is 2.43. The molecule has 0 fully saturated rings. The van der Waals surface area contributed by atoms with Crippen LogP contribution in [0.25, 0.3) is 0 Å². The van der Waals surface area contributed by atoms with Crippen molar-refractivity contribution in [1.29, 1.82) is 0 Å². The maximum absolute atomic E-state index is 12.6. The molecule has 0 bridgehead atoms. The van der Waals surface area contributed by atoms with Gasteiger partial charge in [0, 0.05) is 31.7 Å². The molecule has 0 aliphatic heterocycles. The van der Waals surface area contributed by atoms with Crippen molar-refractivity contribution < 1.29 is 14.7 Å². The summed E-state index contributed by atoms with van der Waals surface area (Å²) in [4.78, 5) is 26.8. The van der Waals surface area contributed by atoms with E-state index >= 15 is 0 Å². The number of amides is 2. The van der Waals surface area contributed by atoms with Crippen LogP contribution in [0.1, 0.15) is 42.3 Å². The molecule has 122 valence electrons. The molecule has 0 atom stereocenters. The number of rotatable bonds is 7. The Labute approximate surface area is 132 Å². The summed E-state index contributed by atoms with van der Waals surface area (Å²) >= 11 is 0. The fraction of sp³-hybridized carbons (Fsp3) is 0.529. The molecule has 1 N–H and O–H groups in total. The summed E-state index contributed by atoms with van der Waals surface area (Å²) in [5, 5.41) is 9.09. The first-order chi connectivity index (χ1) is 10.4. The molecule has 1 aromatic carbocycles. The van der Waals surface area contributed by atoms with E-state index in [4.69, 9.17) is 5.11 Å². The van der Waals surface area contributed by atoms with Crippen LogP contribution in [0, 0.1) is 6.92 Å². The molecule has 5 nitrogen and oxygen atoms in total. The van der Waals surface area contributed by atoms with Gasteiger partial charge in [0.05, 0.1) is 0 Å². The third kappa shape index (κ3) is 4.48. The number of hydrogen-bond acceptors (Lipinski definition) is 2. The normalized spacial score (nSPS) is 10.4. The summed E-state index contributed by atoms with van der Waals surface area (Å²) < 4.78 is 0. The number of hydrogen-bond donors (Lipinski definition) is 1. The Bertz CT molecular complexity index is 525. The standard InChI is InChI=1S/C17H26N2O3/c1-5-18(6-2)16(20)15-12-13(4)8-9-14(15)10-11-19(7-3)17(21)22/h8-9,12H,5-7,10-11H2,1-4H3,(H,21,22). The van der Waals surface area contributed by atoms with Crippen LogP contribution >= 0.6 is 0 Å². The van der Waals surface area contributed by atoms with Crippen LogP contribution in [0.5, 0.6) is 0 Å². The predicted molar refractivity (Wildman–Crippen MR) is 87.4 cm³/mol. The second-order valence-electron chi connectivity index (χ2n) is 5.25. The molecule has 0 unspecified atom stereocenters. The van der Waals surface area contributed by atoms with Crippen LogP contribution in [0.15, 0.2) is 18.2 Å². The number of carbonyl (C=O) groups excluding carboxylic acids is 1. The van der Waals surface area contributed by atoms with Gasteiger partial charge < -0.3 is 14.9 Å². The fourth-order valence-electron chi connectivity index (χ4n) is 2.43. The lowest BCUT2D eigenvalue weighted by atomic mass is 10.0. The van der Waals surface area contributed by atoms with Crippen molar-refractivity contribution >= 4 is 12.0 Å². The highest BCUT2D eigenvalue weighted by atomic mass is 16.4. The molecule has 0 saturated carbocycles. The highest BCUT2D eigenvalue weighted by Gasteiger charge is 2.18. The first-order valence-electron chi connectivity index (χ1n) is 7.81. The molecule has 0 saturated heterocycles. The molecule has 5 heteroatoms. The predicted octanol–water partition coefficient (Wildman–Crippen LogP) is 3.02. The Morgan fingerprint density at radius 3 is 2.14 bits per heavy atom. The van der Waals surface area contributed by atoms with Crippen molar-refractivity contribution in [2.24, 2.45) is 0 Å².